The van der Waals surface area contributed by atoms with Crippen LogP contribution in [0.15, 0.2) is 19.0 Å². The molecule has 4 rings (SSSR count). The van der Waals surface area contributed by atoms with Gasteiger partial charge in [0.2, 0.25) is 5.91 Å². The quantitative estimate of drug-likeness (QED) is 0.813. The molecule has 2 aliphatic rings. The summed E-state index contributed by atoms with van der Waals surface area (Å²) in [6.07, 6.45) is 7.03. The van der Waals surface area contributed by atoms with Gasteiger partial charge in [0.15, 0.2) is 0 Å². The molecular formula is C15H20N6O2. The molecule has 0 aromatic carbocycles. The predicted octanol–water partition coefficient (Wildman–Crippen LogP) is 0.292. The molecule has 1 unspecified atom stereocenters. The van der Waals surface area contributed by atoms with Crippen LogP contribution in [0.2, 0.25) is 0 Å². The standard InChI is InChI=1S/C15H20N6O2/c22-15(12-2-5-23-8-12)20-3-1-4-21-9-16-13(14(21)7-20)6-19-10-17-18-11-19/h9-12H,1-8H2. The first kappa shape index (κ1) is 14.4. The molecule has 0 N–H and O–H groups in total. The minimum atomic E-state index is 0.0192. The summed E-state index contributed by atoms with van der Waals surface area (Å²) in [6, 6.07) is 0. The summed E-state index contributed by atoms with van der Waals surface area (Å²) in [4.78, 5) is 19.2. The Morgan fingerprint density at radius 1 is 1.26 bits per heavy atom. The molecule has 1 fully saturated rings. The summed E-state index contributed by atoms with van der Waals surface area (Å²) < 4.78 is 9.43. The third-order valence-corrected chi connectivity index (χ3v) is 4.59. The molecule has 2 aromatic heterocycles. The first-order chi connectivity index (χ1) is 11.3. The molecule has 0 saturated carbocycles. The van der Waals surface area contributed by atoms with Crippen LogP contribution in [-0.4, -0.2) is 54.9 Å². The monoisotopic (exact) mass is 316 g/mol. The number of amides is 1. The van der Waals surface area contributed by atoms with E-state index in [9.17, 15) is 4.79 Å². The number of ether oxygens (including phenoxy) is 1. The Bertz CT molecular complexity index is 674. The third-order valence-electron chi connectivity index (χ3n) is 4.59. The number of hydrogen-bond donors (Lipinski definition) is 0. The van der Waals surface area contributed by atoms with Crippen molar-refractivity contribution in [3.05, 3.63) is 30.4 Å². The molecule has 0 radical (unpaired) electrons. The van der Waals surface area contributed by atoms with E-state index in [1.165, 1.54) is 0 Å². The van der Waals surface area contributed by atoms with Crippen molar-refractivity contribution >= 4 is 5.91 Å². The number of carbonyl (C=O) groups is 1. The molecule has 122 valence electrons. The van der Waals surface area contributed by atoms with Crippen molar-refractivity contribution in [3.63, 3.8) is 0 Å². The third kappa shape index (κ3) is 2.86. The minimum absolute atomic E-state index is 0.0192. The second-order valence-electron chi connectivity index (χ2n) is 6.14. The molecule has 0 bridgehead atoms. The number of hydrogen-bond acceptors (Lipinski definition) is 5. The first-order valence-electron chi connectivity index (χ1n) is 8.03. The highest BCUT2D eigenvalue weighted by molar-refractivity contribution is 5.79. The van der Waals surface area contributed by atoms with Gasteiger partial charge in [0.1, 0.15) is 12.7 Å². The first-order valence-corrected chi connectivity index (χ1v) is 8.03. The number of fused-ring (bicyclic) bond motifs is 1. The zero-order chi connectivity index (χ0) is 15.6. The molecular weight excluding hydrogens is 296 g/mol. The van der Waals surface area contributed by atoms with E-state index < -0.39 is 0 Å². The maximum atomic E-state index is 12.7. The van der Waals surface area contributed by atoms with Gasteiger partial charge < -0.3 is 18.8 Å². The summed E-state index contributed by atoms with van der Waals surface area (Å²) in [5.41, 5.74) is 2.09. The van der Waals surface area contributed by atoms with Crippen LogP contribution in [0.5, 0.6) is 0 Å². The predicted molar refractivity (Wildman–Crippen MR) is 80.3 cm³/mol. The smallest absolute Gasteiger partial charge is 0.228 e. The Morgan fingerprint density at radius 2 is 2.13 bits per heavy atom. The Labute approximate surface area is 134 Å². The van der Waals surface area contributed by atoms with E-state index >= 15 is 0 Å². The fourth-order valence-corrected chi connectivity index (χ4v) is 3.30. The highest BCUT2D eigenvalue weighted by atomic mass is 16.5. The normalized spacial score (nSPS) is 21.2. The molecule has 8 heteroatoms. The van der Waals surface area contributed by atoms with Gasteiger partial charge in [-0.05, 0) is 12.8 Å². The minimum Gasteiger partial charge on any atom is -0.381 e. The van der Waals surface area contributed by atoms with E-state index in [1.54, 1.807) is 12.7 Å². The Kier molecular flexibility index (Phi) is 3.82. The molecule has 1 saturated heterocycles. The van der Waals surface area contributed by atoms with E-state index in [0.717, 1.165) is 37.3 Å². The molecule has 1 atom stereocenters. The molecule has 8 nitrogen and oxygen atoms in total. The summed E-state index contributed by atoms with van der Waals surface area (Å²) in [6.45, 7) is 4.19. The van der Waals surface area contributed by atoms with Gasteiger partial charge in [-0.3, -0.25) is 4.79 Å². The van der Waals surface area contributed by atoms with Crippen LogP contribution in [0.3, 0.4) is 0 Å². The lowest BCUT2D eigenvalue weighted by Gasteiger charge is -2.23. The van der Waals surface area contributed by atoms with Crippen LogP contribution >= 0.6 is 0 Å². The second-order valence-corrected chi connectivity index (χ2v) is 6.14. The summed E-state index contributed by atoms with van der Waals surface area (Å²) in [7, 11) is 0. The van der Waals surface area contributed by atoms with Gasteiger partial charge in [-0.15, -0.1) is 10.2 Å². The summed E-state index contributed by atoms with van der Waals surface area (Å²) in [5, 5.41) is 7.66. The van der Waals surface area contributed by atoms with Crippen molar-refractivity contribution in [3.8, 4) is 0 Å². The van der Waals surface area contributed by atoms with Crippen LogP contribution in [-0.2, 0) is 29.2 Å². The van der Waals surface area contributed by atoms with Gasteiger partial charge >= 0.3 is 0 Å². The van der Waals surface area contributed by atoms with E-state index in [2.05, 4.69) is 19.7 Å². The van der Waals surface area contributed by atoms with Crippen molar-refractivity contribution in [1.29, 1.82) is 0 Å². The van der Waals surface area contributed by atoms with Crippen LogP contribution < -0.4 is 0 Å². The number of imidazole rings is 1. The number of aromatic nitrogens is 5. The van der Waals surface area contributed by atoms with Crippen molar-refractivity contribution in [2.24, 2.45) is 5.92 Å². The van der Waals surface area contributed by atoms with E-state index in [0.29, 0.717) is 26.3 Å². The van der Waals surface area contributed by atoms with Crippen LogP contribution in [0.4, 0.5) is 0 Å². The Hall–Kier alpha value is -2.22. The zero-order valence-electron chi connectivity index (χ0n) is 13.0. The topological polar surface area (TPSA) is 78.1 Å². The number of nitrogens with zero attached hydrogens (tertiary/aromatic N) is 6. The summed E-state index contributed by atoms with van der Waals surface area (Å²) in [5.74, 6) is 0.234. The summed E-state index contributed by atoms with van der Waals surface area (Å²) >= 11 is 0. The lowest BCUT2D eigenvalue weighted by Crippen LogP contribution is -2.36. The van der Waals surface area contributed by atoms with E-state index in [4.69, 9.17) is 4.74 Å². The van der Waals surface area contributed by atoms with Crippen LogP contribution in [0.25, 0.3) is 0 Å². The van der Waals surface area contributed by atoms with Gasteiger partial charge in [0.25, 0.3) is 0 Å². The highest BCUT2D eigenvalue weighted by Crippen LogP contribution is 2.21. The molecule has 0 spiro atoms. The average molecular weight is 316 g/mol. The average Bonchev–Trinajstić information content (AvgIpc) is 3.29. The number of rotatable bonds is 3. The molecule has 2 aliphatic heterocycles. The van der Waals surface area contributed by atoms with Gasteiger partial charge in [-0.2, -0.15) is 0 Å². The zero-order valence-corrected chi connectivity index (χ0v) is 13.0. The lowest BCUT2D eigenvalue weighted by molar-refractivity contribution is -0.136. The molecule has 0 aliphatic carbocycles. The van der Waals surface area contributed by atoms with Crippen LogP contribution in [0.1, 0.15) is 24.2 Å². The van der Waals surface area contributed by atoms with Gasteiger partial charge in [0.05, 0.1) is 43.3 Å². The number of aryl methyl sites for hydroxylation is 1. The van der Waals surface area contributed by atoms with Crippen molar-refractivity contribution in [1.82, 2.24) is 29.2 Å². The molecule has 1 amide bonds. The van der Waals surface area contributed by atoms with Gasteiger partial charge in [-0.1, -0.05) is 0 Å². The fraction of sp³-hybridized carbons (Fsp3) is 0.600. The largest absolute Gasteiger partial charge is 0.381 e. The van der Waals surface area contributed by atoms with E-state index in [1.807, 2.05) is 15.8 Å². The highest BCUT2D eigenvalue weighted by Gasteiger charge is 2.30. The SMILES string of the molecule is O=C(C1CCOC1)N1CCCn2cnc(Cn3cnnc3)c2C1. The molecule has 4 heterocycles. The second kappa shape index (κ2) is 6.11. The van der Waals surface area contributed by atoms with Crippen molar-refractivity contribution in [2.45, 2.75) is 32.5 Å². The van der Waals surface area contributed by atoms with Crippen molar-refractivity contribution < 1.29 is 9.53 Å². The fourth-order valence-electron chi connectivity index (χ4n) is 3.30. The van der Waals surface area contributed by atoms with E-state index in [-0.39, 0.29) is 11.8 Å². The van der Waals surface area contributed by atoms with Crippen molar-refractivity contribution in [2.75, 3.05) is 19.8 Å². The molecule has 23 heavy (non-hydrogen) atoms. The maximum absolute atomic E-state index is 12.7. The lowest BCUT2D eigenvalue weighted by atomic mass is 10.1. The molecule has 2 aromatic rings. The van der Waals surface area contributed by atoms with Gasteiger partial charge in [-0.25, -0.2) is 4.98 Å². The maximum Gasteiger partial charge on any atom is 0.228 e. The Balaban J connectivity index is 1.55. The Morgan fingerprint density at radius 3 is 2.91 bits per heavy atom. The van der Waals surface area contributed by atoms with Gasteiger partial charge in [0, 0.05) is 19.7 Å². The van der Waals surface area contributed by atoms with Crippen LogP contribution in [0, 0.1) is 5.92 Å². The number of carbonyl (C=O) groups excluding carboxylic acids is 1.